The lowest BCUT2D eigenvalue weighted by molar-refractivity contribution is 0.927. The first-order valence-electron chi connectivity index (χ1n) is 3.84. The van der Waals surface area contributed by atoms with Crippen LogP contribution in [0.2, 0.25) is 0 Å². The van der Waals surface area contributed by atoms with E-state index in [-0.39, 0.29) is 0 Å². The van der Waals surface area contributed by atoms with Crippen molar-refractivity contribution >= 4 is 23.3 Å². The molecule has 3 heteroatoms. The third-order valence-electron chi connectivity index (χ3n) is 2.06. The third-order valence-corrected chi connectivity index (χ3v) is 2.44. The minimum absolute atomic E-state index is 0.774. The third kappa shape index (κ3) is 0.975. The molecular weight excluding hydrogens is 168 g/mol. The number of nitrogens with one attached hydrogen (secondary N) is 1. The normalized spacial score (nSPS) is 10.8. The zero-order valence-corrected chi connectivity index (χ0v) is 7.90. The van der Waals surface area contributed by atoms with Crippen molar-refractivity contribution in [3.05, 3.63) is 28.5 Å². The quantitative estimate of drug-likeness (QED) is 0.615. The van der Waals surface area contributed by atoms with Crippen molar-refractivity contribution in [2.45, 2.75) is 6.92 Å². The van der Waals surface area contributed by atoms with Gasteiger partial charge in [0.1, 0.15) is 0 Å². The topological polar surface area (TPSA) is 20.7 Å². The molecule has 1 heterocycles. The second-order valence-corrected chi connectivity index (χ2v) is 3.40. The van der Waals surface area contributed by atoms with Crippen molar-refractivity contribution in [2.24, 2.45) is 7.05 Å². The predicted octanol–water partition coefficient (Wildman–Crippen LogP) is 2.54. The molecule has 0 aliphatic carbocycles. The maximum Gasteiger partial charge on any atom is 0.177 e. The van der Waals surface area contributed by atoms with E-state index in [1.54, 1.807) is 0 Å². The van der Waals surface area contributed by atoms with Crippen LogP contribution in [0.5, 0.6) is 0 Å². The van der Waals surface area contributed by atoms with Gasteiger partial charge in [0.15, 0.2) is 4.77 Å². The Morgan fingerprint density at radius 1 is 1.42 bits per heavy atom. The van der Waals surface area contributed by atoms with Gasteiger partial charge in [-0.2, -0.15) is 0 Å². The zero-order valence-electron chi connectivity index (χ0n) is 7.09. The lowest BCUT2D eigenvalue weighted by Gasteiger charge is -1.94. The molecule has 2 aromatic rings. The molecule has 0 saturated heterocycles. The zero-order chi connectivity index (χ0) is 8.72. The van der Waals surface area contributed by atoms with Gasteiger partial charge in [-0.1, -0.05) is 6.07 Å². The van der Waals surface area contributed by atoms with Gasteiger partial charge in [-0.05, 0) is 36.8 Å². The van der Waals surface area contributed by atoms with E-state index in [1.165, 1.54) is 5.56 Å². The molecule has 0 saturated carbocycles. The van der Waals surface area contributed by atoms with Gasteiger partial charge in [0.25, 0.3) is 0 Å². The molecule has 2 nitrogen and oxygen atoms in total. The second kappa shape index (κ2) is 2.45. The van der Waals surface area contributed by atoms with Gasteiger partial charge in [0.2, 0.25) is 0 Å². The van der Waals surface area contributed by atoms with Crippen molar-refractivity contribution in [3.63, 3.8) is 0 Å². The van der Waals surface area contributed by atoms with Crippen molar-refractivity contribution in [3.8, 4) is 0 Å². The number of fused-ring (bicyclic) bond motifs is 1. The van der Waals surface area contributed by atoms with E-state index in [0.717, 1.165) is 15.8 Å². The van der Waals surface area contributed by atoms with Crippen LogP contribution in [0.1, 0.15) is 5.56 Å². The molecule has 1 aromatic carbocycles. The number of nitrogens with zero attached hydrogens (tertiary/aromatic N) is 1. The summed E-state index contributed by atoms with van der Waals surface area (Å²) in [4.78, 5) is 3.15. The Morgan fingerprint density at radius 2 is 2.17 bits per heavy atom. The molecule has 2 rings (SSSR count). The number of aromatic nitrogens is 2. The van der Waals surface area contributed by atoms with Crippen LogP contribution in [-0.2, 0) is 7.05 Å². The second-order valence-electron chi connectivity index (χ2n) is 3.01. The van der Waals surface area contributed by atoms with Crippen LogP contribution < -0.4 is 0 Å². The molecule has 0 spiro atoms. The van der Waals surface area contributed by atoms with E-state index in [9.17, 15) is 0 Å². The summed E-state index contributed by atoms with van der Waals surface area (Å²) in [6, 6.07) is 6.27. The Hall–Kier alpha value is -1.09. The van der Waals surface area contributed by atoms with Crippen molar-refractivity contribution in [1.82, 2.24) is 9.55 Å². The molecular formula is C9H10N2S. The van der Waals surface area contributed by atoms with E-state index in [2.05, 4.69) is 30.1 Å². The molecule has 0 bridgehead atoms. The summed E-state index contributed by atoms with van der Waals surface area (Å²) in [7, 11) is 1.97. The highest BCUT2D eigenvalue weighted by atomic mass is 32.1. The van der Waals surface area contributed by atoms with Gasteiger partial charge in [0.05, 0.1) is 11.0 Å². The minimum atomic E-state index is 0.774. The average molecular weight is 178 g/mol. The molecule has 0 aliphatic rings. The first kappa shape index (κ1) is 7.55. The molecule has 0 atom stereocenters. The van der Waals surface area contributed by atoms with Crippen LogP contribution >= 0.6 is 12.2 Å². The fraction of sp³-hybridized carbons (Fsp3) is 0.222. The van der Waals surface area contributed by atoms with Gasteiger partial charge in [-0.15, -0.1) is 0 Å². The number of hydrogen-bond donors (Lipinski definition) is 1. The fourth-order valence-corrected chi connectivity index (χ4v) is 1.56. The average Bonchev–Trinajstić information content (AvgIpc) is 2.28. The maximum absolute atomic E-state index is 5.10. The smallest absolute Gasteiger partial charge is 0.177 e. The Bertz CT molecular complexity index is 479. The standard InChI is InChI=1S/C9H10N2S/c1-6-3-4-8-7(5-6)10-9(12)11(8)2/h3-5H,1-2H3,(H,10,12). The summed E-state index contributed by atoms with van der Waals surface area (Å²) in [5, 5.41) is 0. The molecule has 62 valence electrons. The van der Waals surface area contributed by atoms with Gasteiger partial charge < -0.3 is 9.55 Å². The number of H-pyrrole nitrogens is 1. The minimum Gasteiger partial charge on any atom is -0.331 e. The van der Waals surface area contributed by atoms with Crippen molar-refractivity contribution in [1.29, 1.82) is 0 Å². The molecule has 0 aliphatic heterocycles. The van der Waals surface area contributed by atoms with Gasteiger partial charge in [-0.25, -0.2) is 0 Å². The summed E-state index contributed by atoms with van der Waals surface area (Å²) in [6.45, 7) is 2.07. The summed E-state index contributed by atoms with van der Waals surface area (Å²) < 4.78 is 2.75. The number of rotatable bonds is 0. The number of imidazole rings is 1. The van der Waals surface area contributed by atoms with E-state index < -0.39 is 0 Å². The highest BCUT2D eigenvalue weighted by Crippen LogP contribution is 2.13. The van der Waals surface area contributed by atoms with Gasteiger partial charge in [-0.3, -0.25) is 0 Å². The van der Waals surface area contributed by atoms with E-state index in [1.807, 2.05) is 11.6 Å². The summed E-state index contributed by atoms with van der Waals surface area (Å²) in [5.74, 6) is 0. The lowest BCUT2D eigenvalue weighted by atomic mass is 10.2. The summed E-state index contributed by atoms with van der Waals surface area (Å²) >= 11 is 5.10. The molecule has 0 unspecified atom stereocenters. The molecule has 1 N–H and O–H groups in total. The highest BCUT2D eigenvalue weighted by molar-refractivity contribution is 7.71. The van der Waals surface area contributed by atoms with Crippen LogP contribution in [-0.4, -0.2) is 9.55 Å². The van der Waals surface area contributed by atoms with Crippen LogP contribution in [0.4, 0.5) is 0 Å². The van der Waals surface area contributed by atoms with E-state index in [0.29, 0.717) is 0 Å². The largest absolute Gasteiger partial charge is 0.331 e. The van der Waals surface area contributed by atoms with Crippen molar-refractivity contribution < 1.29 is 0 Å². The van der Waals surface area contributed by atoms with Crippen LogP contribution in [0.3, 0.4) is 0 Å². The Morgan fingerprint density at radius 3 is 2.92 bits per heavy atom. The van der Waals surface area contributed by atoms with E-state index >= 15 is 0 Å². The molecule has 0 amide bonds. The number of hydrogen-bond acceptors (Lipinski definition) is 1. The van der Waals surface area contributed by atoms with Crippen molar-refractivity contribution in [2.75, 3.05) is 0 Å². The SMILES string of the molecule is Cc1ccc2c(c1)[nH]c(=S)n2C. The van der Waals surface area contributed by atoms with Crippen LogP contribution in [0.25, 0.3) is 11.0 Å². The molecule has 12 heavy (non-hydrogen) atoms. The van der Waals surface area contributed by atoms with Crippen LogP contribution in [0.15, 0.2) is 18.2 Å². The number of aryl methyl sites for hydroxylation is 2. The predicted molar refractivity (Wildman–Crippen MR) is 52.8 cm³/mol. The summed E-state index contributed by atoms with van der Waals surface area (Å²) in [6.07, 6.45) is 0. The Labute approximate surface area is 75.8 Å². The Balaban J connectivity index is 2.96. The number of aromatic amines is 1. The first-order valence-corrected chi connectivity index (χ1v) is 4.24. The Kier molecular flexibility index (Phi) is 1.54. The lowest BCUT2D eigenvalue weighted by Crippen LogP contribution is -1.85. The maximum atomic E-state index is 5.10. The molecule has 0 radical (unpaired) electrons. The van der Waals surface area contributed by atoms with E-state index in [4.69, 9.17) is 12.2 Å². The first-order chi connectivity index (χ1) is 5.68. The summed E-state index contributed by atoms with van der Waals surface area (Å²) in [5.41, 5.74) is 3.52. The van der Waals surface area contributed by atoms with Gasteiger partial charge >= 0.3 is 0 Å². The number of benzene rings is 1. The fourth-order valence-electron chi connectivity index (χ4n) is 1.35. The highest BCUT2D eigenvalue weighted by Gasteiger charge is 1.98. The monoisotopic (exact) mass is 178 g/mol. The van der Waals surface area contributed by atoms with Gasteiger partial charge in [0, 0.05) is 7.05 Å². The molecule has 0 fully saturated rings. The molecule has 1 aromatic heterocycles. The van der Waals surface area contributed by atoms with Crippen LogP contribution in [0, 0.1) is 11.7 Å².